The van der Waals surface area contributed by atoms with E-state index in [1.165, 1.54) is 7.11 Å². The molecule has 2 aliphatic heterocycles. The second-order valence-corrected chi connectivity index (χ2v) is 12.3. The third kappa shape index (κ3) is 4.06. The Balaban J connectivity index is 1.80. The lowest BCUT2D eigenvalue weighted by Crippen LogP contribution is -2.74. The van der Waals surface area contributed by atoms with Crippen LogP contribution in [0.2, 0.25) is 0 Å². The highest BCUT2D eigenvalue weighted by molar-refractivity contribution is 6.12. The molecular weight excluding hydrogens is 486 g/mol. The molecule has 6 atom stereocenters. The fraction of sp³-hybridized carbons (Fsp3) is 0.700. The lowest BCUT2D eigenvalue weighted by molar-refractivity contribution is -0.182. The van der Waals surface area contributed by atoms with E-state index < -0.39 is 52.1 Å². The molecule has 0 unspecified atom stereocenters. The Bertz CT molecular complexity index is 1050. The Morgan fingerprint density at radius 1 is 1.21 bits per heavy atom. The van der Waals surface area contributed by atoms with E-state index in [0.717, 1.165) is 18.4 Å². The number of carbonyl (C=O) groups is 3. The summed E-state index contributed by atoms with van der Waals surface area (Å²) < 4.78 is 17.2. The number of methoxy groups -OCH3 is 1. The van der Waals surface area contributed by atoms with Gasteiger partial charge in [0.1, 0.15) is 5.60 Å². The highest BCUT2D eigenvalue weighted by Gasteiger charge is 2.84. The molecule has 1 amide bonds. The largest absolute Gasteiger partial charge is 0.468 e. The van der Waals surface area contributed by atoms with Crippen molar-refractivity contribution >= 4 is 17.8 Å². The van der Waals surface area contributed by atoms with Gasteiger partial charge in [0, 0.05) is 0 Å². The molecule has 1 aromatic carbocycles. The maximum absolute atomic E-state index is 14.7. The first-order chi connectivity index (χ1) is 17.9. The number of aliphatic hydroxyl groups is 1. The summed E-state index contributed by atoms with van der Waals surface area (Å²) in [5.74, 6) is -1.44. The second kappa shape index (κ2) is 10.3. The highest BCUT2D eigenvalue weighted by atomic mass is 16.6. The standard InChI is InChI=1S/C30H43NO7/c1-7-8-15-28-16-14-22(31(28)26(35)38-27(3,4)5)30(20(2)18-37-19-21-12-10-9-11-13-21)23(32)17-29(28,24(30)33)25(34)36-6/h9-13,20,22-23,32H,7-8,14-19H2,1-6H3/t20-,22+,23-,28-,29+,30-/m1/s1. The SMILES string of the molecule is CCCC[C@]12CC[C@H](N1C(=O)OC(C)(C)C)[C@@]1([C@H](C)COCc3ccccc3)C(=O)[C@]2(C(=O)OC)C[C@H]1O. The maximum Gasteiger partial charge on any atom is 0.411 e. The molecule has 210 valence electrons. The number of hydrogen-bond donors (Lipinski definition) is 1. The fourth-order valence-corrected chi connectivity index (χ4v) is 7.67. The molecule has 38 heavy (non-hydrogen) atoms. The lowest BCUT2D eigenvalue weighted by atomic mass is 9.57. The van der Waals surface area contributed by atoms with Gasteiger partial charge in [-0.05, 0) is 57.9 Å². The average Bonchev–Trinajstić information content (AvgIpc) is 3.31. The molecule has 4 rings (SSSR count). The zero-order chi connectivity index (χ0) is 27.9. The number of ketones is 1. The molecule has 3 aliphatic rings. The predicted molar refractivity (Wildman–Crippen MR) is 141 cm³/mol. The number of benzene rings is 1. The van der Waals surface area contributed by atoms with Crippen LogP contribution in [0.4, 0.5) is 4.79 Å². The van der Waals surface area contributed by atoms with Crippen molar-refractivity contribution < 1.29 is 33.7 Å². The quantitative estimate of drug-likeness (QED) is 0.367. The molecular formula is C30H43NO7. The van der Waals surface area contributed by atoms with Gasteiger partial charge >= 0.3 is 12.1 Å². The molecule has 8 nitrogen and oxygen atoms in total. The first-order valence-electron chi connectivity index (χ1n) is 13.9. The zero-order valence-electron chi connectivity index (χ0n) is 23.6. The van der Waals surface area contributed by atoms with Crippen molar-refractivity contribution in [2.24, 2.45) is 16.7 Å². The molecule has 1 aromatic rings. The fourth-order valence-electron chi connectivity index (χ4n) is 7.67. The number of ether oxygens (including phenoxy) is 3. The first-order valence-corrected chi connectivity index (χ1v) is 13.9. The Kier molecular flexibility index (Phi) is 7.71. The number of nitrogens with zero attached hydrogens (tertiary/aromatic N) is 1. The van der Waals surface area contributed by atoms with Gasteiger partial charge < -0.3 is 19.3 Å². The van der Waals surface area contributed by atoms with Gasteiger partial charge in [0.2, 0.25) is 0 Å². The average molecular weight is 530 g/mol. The van der Waals surface area contributed by atoms with E-state index in [4.69, 9.17) is 14.2 Å². The van der Waals surface area contributed by atoms with Crippen LogP contribution < -0.4 is 0 Å². The number of hydrogen-bond acceptors (Lipinski definition) is 7. The summed E-state index contributed by atoms with van der Waals surface area (Å²) in [6.07, 6.45) is 1.24. The summed E-state index contributed by atoms with van der Waals surface area (Å²) in [4.78, 5) is 44.0. The summed E-state index contributed by atoms with van der Waals surface area (Å²) in [6, 6.07) is 9.12. The molecule has 2 saturated heterocycles. The number of esters is 1. The third-order valence-electron chi connectivity index (χ3n) is 9.14. The minimum Gasteiger partial charge on any atom is -0.468 e. The van der Waals surface area contributed by atoms with E-state index in [2.05, 4.69) is 0 Å². The summed E-state index contributed by atoms with van der Waals surface area (Å²) in [7, 11) is 1.27. The van der Waals surface area contributed by atoms with Crippen LogP contribution in [0, 0.1) is 16.7 Å². The molecule has 3 fully saturated rings. The third-order valence-corrected chi connectivity index (χ3v) is 9.14. The minimum atomic E-state index is -1.66. The van der Waals surface area contributed by atoms with Crippen molar-refractivity contribution in [1.82, 2.24) is 4.90 Å². The van der Waals surface area contributed by atoms with E-state index in [-0.39, 0.29) is 18.8 Å². The molecule has 1 saturated carbocycles. The van der Waals surface area contributed by atoms with E-state index in [1.54, 1.807) is 25.7 Å². The van der Waals surface area contributed by atoms with Crippen molar-refractivity contribution in [1.29, 1.82) is 0 Å². The van der Waals surface area contributed by atoms with Gasteiger partial charge in [-0.2, -0.15) is 0 Å². The molecule has 0 spiro atoms. The zero-order valence-corrected chi connectivity index (χ0v) is 23.6. The predicted octanol–water partition coefficient (Wildman–Crippen LogP) is 4.66. The van der Waals surface area contributed by atoms with Crippen molar-refractivity contribution in [2.45, 2.75) is 103 Å². The van der Waals surface area contributed by atoms with Crippen LogP contribution in [0.5, 0.6) is 0 Å². The number of fused-ring (bicyclic) bond motifs is 6. The number of Topliss-reactive ketones (excluding diaryl/α,β-unsaturated/α-hetero) is 1. The van der Waals surface area contributed by atoms with E-state index in [9.17, 15) is 19.5 Å². The van der Waals surface area contributed by atoms with Crippen LogP contribution in [0.1, 0.15) is 78.7 Å². The Labute approximate surface area is 226 Å². The van der Waals surface area contributed by atoms with Crippen LogP contribution in [-0.2, 0) is 30.4 Å². The Hall–Kier alpha value is -2.45. The maximum atomic E-state index is 14.7. The molecule has 8 heteroatoms. The van der Waals surface area contributed by atoms with Gasteiger partial charge in [0.05, 0.1) is 43.4 Å². The summed E-state index contributed by atoms with van der Waals surface area (Å²) >= 11 is 0. The minimum absolute atomic E-state index is 0.0684. The number of rotatable bonds is 9. The van der Waals surface area contributed by atoms with Gasteiger partial charge in [-0.25, -0.2) is 4.79 Å². The van der Waals surface area contributed by atoms with E-state index in [0.29, 0.717) is 25.9 Å². The van der Waals surface area contributed by atoms with Gasteiger partial charge in [0.15, 0.2) is 11.2 Å². The number of piperidine rings is 1. The molecule has 2 heterocycles. The first kappa shape index (κ1) is 28.6. The van der Waals surface area contributed by atoms with Gasteiger partial charge in [-0.1, -0.05) is 57.0 Å². The van der Waals surface area contributed by atoms with Crippen LogP contribution in [0.15, 0.2) is 30.3 Å². The monoisotopic (exact) mass is 529 g/mol. The van der Waals surface area contributed by atoms with E-state index in [1.807, 2.05) is 44.2 Å². The van der Waals surface area contributed by atoms with Crippen molar-refractivity contribution in [3.05, 3.63) is 35.9 Å². The van der Waals surface area contributed by atoms with Gasteiger partial charge in [0.25, 0.3) is 0 Å². The molecule has 0 aromatic heterocycles. The number of amides is 1. The normalized spacial score (nSPS) is 32.8. The Morgan fingerprint density at radius 2 is 1.89 bits per heavy atom. The Morgan fingerprint density at radius 3 is 2.50 bits per heavy atom. The highest BCUT2D eigenvalue weighted by Crippen LogP contribution is 2.70. The topological polar surface area (TPSA) is 102 Å². The summed E-state index contributed by atoms with van der Waals surface area (Å²) in [5, 5.41) is 11.7. The van der Waals surface area contributed by atoms with Gasteiger partial charge in [-0.3, -0.25) is 14.5 Å². The number of aliphatic hydroxyl groups excluding tert-OH is 1. The smallest absolute Gasteiger partial charge is 0.411 e. The van der Waals surface area contributed by atoms with Crippen LogP contribution >= 0.6 is 0 Å². The van der Waals surface area contributed by atoms with Crippen molar-refractivity contribution in [3.8, 4) is 0 Å². The van der Waals surface area contributed by atoms with Crippen LogP contribution in [-0.4, -0.2) is 64.9 Å². The van der Waals surface area contributed by atoms with E-state index >= 15 is 0 Å². The molecule has 4 bridgehead atoms. The molecule has 1 aliphatic carbocycles. The molecule has 0 radical (unpaired) electrons. The van der Waals surface area contributed by atoms with Crippen molar-refractivity contribution in [3.63, 3.8) is 0 Å². The van der Waals surface area contributed by atoms with Gasteiger partial charge in [-0.15, -0.1) is 0 Å². The van der Waals surface area contributed by atoms with Crippen molar-refractivity contribution in [2.75, 3.05) is 13.7 Å². The van der Waals surface area contributed by atoms with Crippen LogP contribution in [0.3, 0.4) is 0 Å². The summed E-state index contributed by atoms with van der Waals surface area (Å²) in [5.41, 5.74) is -3.90. The number of carbonyl (C=O) groups excluding carboxylic acids is 3. The molecule has 1 N–H and O–H groups in total. The second-order valence-electron chi connectivity index (χ2n) is 12.3. The van der Waals surface area contributed by atoms with Crippen LogP contribution in [0.25, 0.3) is 0 Å². The lowest BCUT2D eigenvalue weighted by Gasteiger charge is -2.57. The number of unbranched alkanes of at least 4 members (excludes halogenated alkanes) is 1. The summed E-state index contributed by atoms with van der Waals surface area (Å²) in [6.45, 7) is 9.87.